The minimum atomic E-state index is -0.522. The van der Waals surface area contributed by atoms with Gasteiger partial charge in [0.2, 0.25) is 5.91 Å². The largest absolute Gasteiger partial charge is 0.490 e. The van der Waals surface area contributed by atoms with E-state index in [2.05, 4.69) is 5.10 Å². The summed E-state index contributed by atoms with van der Waals surface area (Å²) in [5, 5.41) is 15.0. The van der Waals surface area contributed by atoms with Gasteiger partial charge in [0.05, 0.1) is 17.2 Å². The van der Waals surface area contributed by atoms with Crippen molar-refractivity contribution in [3.05, 3.63) is 45.7 Å². The first-order chi connectivity index (χ1) is 11.0. The molecular weight excluding hydrogens is 324 g/mol. The Kier molecular flexibility index (Phi) is 4.16. The van der Waals surface area contributed by atoms with E-state index in [4.69, 9.17) is 16.3 Å². The topological polar surface area (TPSA) is 90.5 Å². The monoisotopic (exact) mass is 336 g/mol. The van der Waals surface area contributed by atoms with Crippen molar-refractivity contribution < 1.29 is 14.5 Å². The molecule has 2 heterocycles. The molecule has 120 valence electrons. The first-order valence-electron chi connectivity index (χ1n) is 6.94. The van der Waals surface area contributed by atoms with Crippen LogP contribution in [0, 0.1) is 10.1 Å². The molecule has 3 rings (SSSR count). The van der Waals surface area contributed by atoms with Crippen molar-refractivity contribution in [1.29, 1.82) is 0 Å². The molecule has 0 atom stereocenters. The van der Waals surface area contributed by atoms with Gasteiger partial charge in [-0.15, -0.1) is 0 Å². The van der Waals surface area contributed by atoms with E-state index in [9.17, 15) is 14.9 Å². The zero-order chi connectivity index (χ0) is 16.4. The maximum Gasteiger partial charge on any atom is 0.306 e. The average Bonchev–Trinajstić information content (AvgIpc) is 3.01. The first-order valence-corrected chi connectivity index (χ1v) is 7.32. The minimum Gasteiger partial charge on any atom is -0.490 e. The zero-order valence-corrected chi connectivity index (χ0v) is 12.8. The number of halogens is 1. The van der Waals surface area contributed by atoms with Crippen LogP contribution in [0.1, 0.15) is 6.42 Å². The molecule has 0 bridgehead atoms. The molecule has 1 amide bonds. The molecule has 0 spiro atoms. The van der Waals surface area contributed by atoms with E-state index in [0.29, 0.717) is 29.6 Å². The summed E-state index contributed by atoms with van der Waals surface area (Å²) in [6.45, 7) is 1.11. The molecular formula is C14H13ClN4O4. The summed E-state index contributed by atoms with van der Waals surface area (Å²) in [6, 6.07) is 5.12. The Morgan fingerprint density at radius 1 is 1.48 bits per heavy atom. The predicted molar refractivity (Wildman–Crippen MR) is 82.8 cm³/mol. The first kappa shape index (κ1) is 15.3. The maximum atomic E-state index is 12.4. The molecule has 1 aromatic heterocycles. The summed E-state index contributed by atoms with van der Waals surface area (Å²) >= 11 is 5.98. The molecule has 0 N–H and O–H groups in total. The van der Waals surface area contributed by atoms with Crippen molar-refractivity contribution in [1.82, 2.24) is 9.78 Å². The number of hydrogen-bond donors (Lipinski definition) is 0. The quantitative estimate of drug-likeness (QED) is 0.631. The fourth-order valence-corrected chi connectivity index (χ4v) is 2.53. The van der Waals surface area contributed by atoms with Gasteiger partial charge in [-0.25, -0.2) is 0 Å². The van der Waals surface area contributed by atoms with Gasteiger partial charge in [-0.2, -0.15) is 5.10 Å². The van der Waals surface area contributed by atoms with Crippen LogP contribution >= 0.6 is 11.6 Å². The summed E-state index contributed by atoms with van der Waals surface area (Å²) in [6.07, 6.45) is 2.64. The van der Waals surface area contributed by atoms with Gasteiger partial charge < -0.3 is 9.64 Å². The summed E-state index contributed by atoms with van der Waals surface area (Å²) < 4.78 is 6.89. The van der Waals surface area contributed by atoms with Crippen molar-refractivity contribution in [3.8, 4) is 5.75 Å². The normalized spacial score (nSPS) is 13.3. The van der Waals surface area contributed by atoms with E-state index in [0.717, 1.165) is 6.20 Å². The van der Waals surface area contributed by atoms with Gasteiger partial charge in [0.15, 0.2) is 0 Å². The number of benzene rings is 1. The lowest BCUT2D eigenvalue weighted by Gasteiger charge is -2.29. The summed E-state index contributed by atoms with van der Waals surface area (Å²) in [5.41, 5.74) is 0.543. The number of aromatic nitrogens is 2. The highest BCUT2D eigenvalue weighted by Gasteiger charge is 2.24. The number of fused-ring (bicyclic) bond motifs is 1. The fourth-order valence-electron chi connectivity index (χ4n) is 2.36. The van der Waals surface area contributed by atoms with Crippen LogP contribution in [0.5, 0.6) is 5.75 Å². The van der Waals surface area contributed by atoms with Gasteiger partial charge >= 0.3 is 5.69 Å². The number of carbonyl (C=O) groups excluding carboxylic acids is 1. The Morgan fingerprint density at radius 3 is 3.04 bits per heavy atom. The lowest BCUT2D eigenvalue weighted by molar-refractivity contribution is -0.385. The van der Waals surface area contributed by atoms with E-state index >= 15 is 0 Å². The number of rotatable bonds is 4. The van der Waals surface area contributed by atoms with Crippen LogP contribution in [0.25, 0.3) is 0 Å². The Labute approximate surface area is 136 Å². The van der Waals surface area contributed by atoms with E-state index in [1.807, 2.05) is 0 Å². The molecule has 0 radical (unpaired) electrons. The van der Waals surface area contributed by atoms with Crippen LogP contribution in [0.3, 0.4) is 0 Å². The van der Waals surface area contributed by atoms with Gasteiger partial charge in [-0.05, 0) is 18.2 Å². The Morgan fingerprint density at radius 2 is 2.30 bits per heavy atom. The second-order valence-electron chi connectivity index (χ2n) is 4.97. The number of anilines is 1. The van der Waals surface area contributed by atoms with Crippen molar-refractivity contribution in [2.75, 3.05) is 18.1 Å². The van der Waals surface area contributed by atoms with Crippen molar-refractivity contribution >= 4 is 28.9 Å². The highest BCUT2D eigenvalue weighted by Crippen LogP contribution is 2.34. The lowest BCUT2D eigenvalue weighted by atomic mass is 10.2. The molecule has 2 aromatic rings. The molecule has 1 aliphatic heterocycles. The number of aryl methyl sites for hydroxylation is 1. The van der Waals surface area contributed by atoms with E-state index in [1.165, 1.54) is 10.9 Å². The van der Waals surface area contributed by atoms with E-state index < -0.39 is 4.92 Å². The standard InChI is InChI=1S/C14H13ClN4O4/c15-10-1-2-13-12(7-10)18(5-6-23-13)14(20)3-4-17-9-11(8-16-17)19(21)22/h1-2,7-9H,3-6H2. The molecule has 0 fully saturated rings. The predicted octanol–water partition coefficient (Wildman–Crippen LogP) is 2.26. The third-order valence-corrected chi connectivity index (χ3v) is 3.71. The molecule has 8 nitrogen and oxygen atoms in total. The third-order valence-electron chi connectivity index (χ3n) is 3.47. The van der Waals surface area contributed by atoms with Crippen molar-refractivity contribution in [3.63, 3.8) is 0 Å². The van der Waals surface area contributed by atoms with Crippen LogP contribution in [0.4, 0.5) is 11.4 Å². The van der Waals surface area contributed by atoms with E-state index in [1.54, 1.807) is 23.1 Å². The fraction of sp³-hybridized carbons (Fsp3) is 0.286. The van der Waals surface area contributed by atoms with Crippen LogP contribution in [0.15, 0.2) is 30.6 Å². The van der Waals surface area contributed by atoms with Gasteiger partial charge in [0, 0.05) is 18.0 Å². The number of ether oxygens (including phenoxy) is 1. The van der Waals surface area contributed by atoms with Crippen LogP contribution in [-0.4, -0.2) is 33.8 Å². The molecule has 0 aliphatic carbocycles. The van der Waals surface area contributed by atoms with Crippen LogP contribution in [0.2, 0.25) is 5.02 Å². The number of carbonyl (C=O) groups is 1. The molecule has 0 saturated carbocycles. The second kappa shape index (κ2) is 6.25. The molecule has 0 saturated heterocycles. The highest BCUT2D eigenvalue weighted by atomic mass is 35.5. The van der Waals surface area contributed by atoms with Gasteiger partial charge in [0.25, 0.3) is 0 Å². The maximum absolute atomic E-state index is 12.4. The lowest BCUT2D eigenvalue weighted by Crippen LogP contribution is -2.38. The SMILES string of the molecule is O=C(CCn1cc([N+](=O)[O-])cn1)N1CCOc2ccc(Cl)cc21. The smallest absolute Gasteiger partial charge is 0.306 e. The number of amides is 1. The van der Waals surface area contributed by atoms with Gasteiger partial charge in [0.1, 0.15) is 24.8 Å². The van der Waals surface area contributed by atoms with Crippen molar-refractivity contribution in [2.24, 2.45) is 0 Å². The molecule has 1 aliphatic rings. The minimum absolute atomic E-state index is 0.0963. The van der Waals surface area contributed by atoms with Crippen molar-refractivity contribution in [2.45, 2.75) is 13.0 Å². The summed E-state index contributed by atoms with van der Waals surface area (Å²) in [4.78, 5) is 24.1. The van der Waals surface area contributed by atoms with Gasteiger partial charge in [-0.1, -0.05) is 11.6 Å². The van der Waals surface area contributed by atoms with Crippen LogP contribution in [-0.2, 0) is 11.3 Å². The Hall–Kier alpha value is -2.61. The molecule has 1 aromatic carbocycles. The Balaban J connectivity index is 1.69. The zero-order valence-electron chi connectivity index (χ0n) is 12.0. The number of nitro groups is 1. The van der Waals surface area contributed by atoms with Gasteiger partial charge in [-0.3, -0.25) is 19.6 Å². The summed E-state index contributed by atoms with van der Waals surface area (Å²) in [5.74, 6) is 0.499. The Bertz CT molecular complexity index is 761. The number of hydrogen-bond acceptors (Lipinski definition) is 5. The number of nitrogens with zero attached hydrogens (tertiary/aromatic N) is 4. The van der Waals surface area contributed by atoms with Crippen LogP contribution < -0.4 is 9.64 Å². The molecule has 23 heavy (non-hydrogen) atoms. The molecule has 0 unspecified atom stereocenters. The average molecular weight is 337 g/mol. The van der Waals surface area contributed by atoms with E-state index in [-0.39, 0.29) is 24.6 Å². The second-order valence-corrected chi connectivity index (χ2v) is 5.41. The summed E-state index contributed by atoms with van der Waals surface area (Å²) in [7, 11) is 0. The molecule has 9 heteroatoms. The third kappa shape index (κ3) is 3.26. The highest BCUT2D eigenvalue weighted by molar-refractivity contribution is 6.31.